The minimum atomic E-state index is -0.0785. The molecule has 1 fully saturated rings. The summed E-state index contributed by atoms with van der Waals surface area (Å²) in [5, 5.41) is 2.28. The van der Waals surface area contributed by atoms with Crippen molar-refractivity contribution in [2.75, 3.05) is 4.90 Å². The Hall–Kier alpha value is -1.95. The highest BCUT2D eigenvalue weighted by Gasteiger charge is 2.33. The number of hydrogen-bond donors (Lipinski definition) is 0. The minimum Gasteiger partial charge on any atom is -0.268 e. The smallest absolute Gasteiger partial charge is 0.268 e. The van der Waals surface area contributed by atoms with E-state index < -0.39 is 0 Å². The van der Waals surface area contributed by atoms with E-state index in [2.05, 4.69) is 34.1 Å². The molecule has 0 saturated carbocycles. The van der Waals surface area contributed by atoms with Crippen LogP contribution in [0.15, 0.2) is 76.1 Å². The molecule has 1 aliphatic heterocycles. The van der Waals surface area contributed by atoms with Gasteiger partial charge in [0, 0.05) is 4.47 Å². The number of carbonyl (C=O) groups excluding carboxylic acids is 1. The molecule has 0 unspecified atom stereocenters. The van der Waals surface area contributed by atoms with E-state index in [1.165, 1.54) is 11.8 Å². The molecule has 0 spiro atoms. The highest BCUT2D eigenvalue weighted by atomic mass is 79.9. The van der Waals surface area contributed by atoms with Crippen LogP contribution in [0.1, 0.15) is 5.56 Å². The van der Waals surface area contributed by atoms with Crippen molar-refractivity contribution < 1.29 is 4.79 Å². The number of halogens is 1. The molecule has 3 aromatic rings. The molecule has 4 rings (SSSR count). The van der Waals surface area contributed by atoms with Crippen LogP contribution in [0, 0.1) is 0 Å². The van der Waals surface area contributed by atoms with Crippen molar-refractivity contribution in [3.8, 4) is 0 Å². The Morgan fingerprint density at radius 3 is 2.48 bits per heavy atom. The number of nitrogens with zero attached hydrogens (tertiary/aromatic N) is 1. The van der Waals surface area contributed by atoms with Crippen molar-refractivity contribution in [1.82, 2.24) is 0 Å². The van der Waals surface area contributed by atoms with Crippen molar-refractivity contribution in [3.05, 3.63) is 81.7 Å². The molecule has 122 valence electrons. The topological polar surface area (TPSA) is 20.3 Å². The highest BCUT2D eigenvalue weighted by Crippen LogP contribution is 2.37. The second-order valence-corrected chi connectivity index (χ2v) is 8.15. The first-order chi connectivity index (χ1) is 12.1. The van der Waals surface area contributed by atoms with Gasteiger partial charge in [0.25, 0.3) is 5.91 Å². The van der Waals surface area contributed by atoms with E-state index >= 15 is 0 Å². The van der Waals surface area contributed by atoms with Gasteiger partial charge in [-0.1, -0.05) is 82.4 Å². The van der Waals surface area contributed by atoms with Crippen molar-refractivity contribution in [3.63, 3.8) is 0 Å². The van der Waals surface area contributed by atoms with Gasteiger partial charge in [-0.05, 0) is 46.7 Å². The highest BCUT2D eigenvalue weighted by molar-refractivity contribution is 9.10. The lowest BCUT2D eigenvalue weighted by Crippen LogP contribution is -2.27. The van der Waals surface area contributed by atoms with Crippen molar-refractivity contribution in [2.24, 2.45) is 0 Å². The van der Waals surface area contributed by atoms with Crippen LogP contribution in [0.5, 0.6) is 0 Å². The predicted molar refractivity (Wildman–Crippen MR) is 114 cm³/mol. The third-order valence-corrected chi connectivity index (χ3v) is 5.82. The number of carbonyl (C=O) groups is 1. The Morgan fingerprint density at radius 2 is 1.68 bits per heavy atom. The van der Waals surface area contributed by atoms with Gasteiger partial charge in [0.15, 0.2) is 4.32 Å². The van der Waals surface area contributed by atoms with Crippen LogP contribution in [-0.4, -0.2) is 10.2 Å². The molecule has 0 aliphatic carbocycles. The molecule has 0 aromatic heterocycles. The maximum Gasteiger partial charge on any atom is 0.270 e. The van der Waals surface area contributed by atoms with Gasteiger partial charge in [0.05, 0.1) is 10.6 Å². The quantitative estimate of drug-likeness (QED) is 0.370. The Bertz CT molecular complexity index is 1020. The number of rotatable bonds is 2. The molecular formula is C20H12BrNOS2. The van der Waals surface area contributed by atoms with Gasteiger partial charge in [0.1, 0.15) is 0 Å². The van der Waals surface area contributed by atoms with Crippen molar-refractivity contribution in [2.45, 2.75) is 0 Å². The summed E-state index contributed by atoms with van der Waals surface area (Å²) in [4.78, 5) is 15.1. The fraction of sp³-hybridized carbons (Fsp3) is 0. The molecule has 2 nitrogen and oxygen atoms in total. The number of amides is 1. The third kappa shape index (κ3) is 3.15. The summed E-state index contributed by atoms with van der Waals surface area (Å²) in [6.07, 6.45) is 1.93. The Labute approximate surface area is 163 Å². The second-order valence-electron chi connectivity index (χ2n) is 5.56. The van der Waals surface area contributed by atoms with Gasteiger partial charge < -0.3 is 0 Å². The molecule has 3 aromatic carbocycles. The normalized spacial score (nSPS) is 16.2. The molecule has 1 saturated heterocycles. The molecule has 0 N–H and O–H groups in total. The summed E-state index contributed by atoms with van der Waals surface area (Å²) in [6.45, 7) is 0. The molecule has 0 radical (unpaired) electrons. The second kappa shape index (κ2) is 6.75. The number of thioether (sulfide) groups is 1. The third-order valence-electron chi connectivity index (χ3n) is 3.99. The number of thiocarbonyl (C=S) groups is 1. The van der Waals surface area contributed by atoms with E-state index in [9.17, 15) is 4.79 Å². The fourth-order valence-electron chi connectivity index (χ4n) is 2.80. The number of anilines is 1. The lowest BCUT2D eigenvalue weighted by molar-refractivity contribution is -0.113. The average Bonchev–Trinajstić information content (AvgIpc) is 2.90. The first kappa shape index (κ1) is 16.5. The largest absolute Gasteiger partial charge is 0.270 e. The lowest BCUT2D eigenvalue weighted by atomic mass is 10.0. The Morgan fingerprint density at radius 1 is 0.960 bits per heavy atom. The molecule has 1 heterocycles. The SMILES string of the molecule is O=C1/C(=C\c2cccc3ccccc23)SC(=S)N1c1ccc(Br)cc1. The van der Waals surface area contributed by atoms with Gasteiger partial charge >= 0.3 is 0 Å². The first-order valence-corrected chi connectivity index (χ1v) is 9.66. The van der Waals surface area contributed by atoms with E-state index in [1.807, 2.05) is 54.6 Å². The van der Waals surface area contributed by atoms with Crippen LogP contribution in [0.2, 0.25) is 0 Å². The summed E-state index contributed by atoms with van der Waals surface area (Å²) in [6, 6.07) is 21.8. The molecule has 0 atom stereocenters. The maximum absolute atomic E-state index is 12.9. The van der Waals surface area contributed by atoms with E-state index in [4.69, 9.17) is 12.2 Å². The van der Waals surface area contributed by atoms with Crippen LogP contribution in [-0.2, 0) is 4.79 Å². The van der Waals surface area contributed by atoms with Gasteiger partial charge in [-0.2, -0.15) is 0 Å². The average molecular weight is 426 g/mol. The standard InChI is InChI=1S/C20H12BrNOS2/c21-15-8-10-16(11-9-15)22-19(23)18(25-20(22)24)12-14-6-3-5-13-4-1-2-7-17(13)14/h1-12H/b18-12+. The maximum atomic E-state index is 12.9. The Kier molecular flexibility index (Phi) is 4.46. The zero-order chi connectivity index (χ0) is 17.4. The van der Waals surface area contributed by atoms with Gasteiger partial charge in [0.2, 0.25) is 0 Å². The van der Waals surface area contributed by atoms with Gasteiger partial charge in [-0.25, -0.2) is 0 Å². The van der Waals surface area contributed by atoms with Crippen LogP contribution < -0.4 is 4.90 Å². The van der Waals surface area contributed by atoms with E-state index in [0.717, 1.165) is 26.5 Å². The zero-order valence-corrected chi connectivity index (χ0v) is 16.2. The van der Waals surface area contributed by atoms with Crippen molar-refractivity contribution >= 4 is 72.7 Å². The monoisotopic (exact) mass is 425 g/mol. The molecular weight excluding hydrogens is 414 g/mol. The number of benzene rings is 3. The van der Waals surface area contributed by atoms with E-state index in [1.54, 1.807) is 4.90 Å². The van der Waals surface area contributed by atoms with E-state index in [-0.39, 0.29) is 5.91 Å². The fourth-order valence-corrected chi connectivity index (χ4v) is 4.35. The number of hydrogen-bond acceptors (Lipinski definition) is 3. The van der Waals surface area contributed by atoms with Crippen LogP contribution in [0.3, 0.4) is 0 Å². The molecule has 1 aliphatic rings. The zero-order valence-electron chi connectivity index (χ0n) is 13.0. The van der Waals surface area contributed by atoms with Crippen LogP contribution in [0.25, 0.3) is 16.8 Å². The first-order valence-electron chi connectivity index (χ1n) is 7.65. The summed E-state index contributed by atoms with van der Waals surface area (Å²) in [7, 11) is 0. The summed E-state index contributed by atoms with van der Waals surface area (Å²) in [5.41, 5.74) is 1.81. The van der Waals surface area contributed by atoms with Crippen molar-refractivity contribution in [1.29, 1.82) is 0 Å². The Balaban J connectivity index is 1.74. The molecule has 1 amide bonds. The predicted octanol–water partition coefficient (Wildman–Crippen LogP) is 6.01. The molecule has 0 bridgehead atoms. The van der Waals surface area contributed by atoms with E-state index in [0.29, 0.717) is 9.23 Å². The molecule has 25 heavy (non-hydrogen) atoms. The minimum absolute atomic E-state index is 0.0785. The summed E-state index contributed by atoms with van der Waals surface area (Å²) in [5.74, 6) is -0.0785. The lowest BCUT2D eigenvalue weighted by Gasteiger charge is -2.14. The number of fused-ring (bicyclic) bond motifs is 1. The van der Waals surface area contributed by atoms with Crippen LogP contribution in [0.4, 0.5) is 5.69 Å². The van der Waals surface area contributed by atoms with Gasteiger partial charge in [-0.15, -0.1) is 0 Å². The summed E-state index contributed by atoms with van der Waals surface area (Å²) < 4.78 is 1.52. The molecule has 5 heteroatoms. The van der Waals surface area contributed by atoms with Crippen LogP contribution >= 0.6 is 39.9 Å². The summed E-state index contributed by atoms with van der Waals surface area (Å²) >= 11 is 10.2. The van der Waals surface area contributed by atoms with Gasteiger partial charge in [-0.3, -0.25) is 9.69 Å².